The zero-order chi connectivity index (χ0) is 13.1. The van der Waals surface area contributed by atoms with Gasteiger partial charge in [-0.15, -0.1) is 11.3 Å². The number of likely N-dealkylation sites (tertiary alicyclic amines) is 1. The average Bonchev–Trinajstić information content (AvgIpc) is 2.98. The van der Waals surface area contributed by atoms with E-state index in [1.165, 1.54) is 16.2 Å². The number of rotatable bonds is 3. The van der Waals surface area contributed by atoms with Gasteiger partial charge >= 0.3 is 0 Å². The number of hydrogen-bond acceptors (Lipinski definition) is 4. The fraction of sp³-hybridized carbons (Fsp3) is 0.500. The van der Waals surface area contributed by atoms with Gasteiger partial charge in [0.15, 0.2) is 0 Å². The summed E-state index contributed by atoms with van der Waals surface area (Å²) in [6.45, 7) is 1.00. The van der Waals surface area contributed by atoms with Crippen molar-refractivity contribution < 1.29 is 14.7 Å². The number of carbonyl (C=O) groups excluding carboxylic acids is 2. The molecule has 1 aromatic rings. The van der Waals surface area contributed by atoms with Crippen molar-refractivity contribution in [3.8, 4) is 0 Å². The van der Waals surface area contributed by atoms with Crippen LogP contribution in [0.2, 0.25) is 0 Å². The minimum absolute atomic E-state index is 0.0590. The lowest BCUT2D eigenvalue weighted by molar-refractivity contribution is -0.130. The monoisotopic (exact) mass is 268 g/mol. The second-order valence-corrected chi connectivity index (χ2v) is 5.37. The first-order valence-electron chi connectivity index (χ1n) is 5.82. The normalized spacial score (nSPS) is 19.0. The van der Waals surface area contributed by atoms with Crippen LogP contribution in [0.1, 0.15) is 16.1 Å². The van der Waals surface area contributed by atoms with Crippen LogP contribution in [0.4, 0.5) is 0 Å². The van der Waals surface area contributed by atoms with E-state index in [0.29, 0.717) is 24.4 Å². The van der Waals surface area contributed by atoms with Crippen molar-refractivity contribution in [2.24, 2.45) is 0 Å². The Kier molecular flexibility index (Phi) is 3.98. The molecule has 1 atom stereocenters. The molecule has 5 nitrogen and oxygen atoms in total. The summed E-state index contributed by atoms with van der Waals surface area (Å²) in [6, 6.07) is 3.55. The number of β-amino-alcohol motifs (C(OH)–C–C–N with tert-alkyl or cyclic N) is 1. The van der Waals surface area contributed by atoms with E-state index in [1.54, 1.807) is 18.0 Å². The van der Waals surface area contributed by atoms with Crippen LogP contribution in [0.3, 0.4) is 0 Å². The third kappa shape index (κ3) is 2.88. The average molecular weight is 268 g/mol. The standard InChI is InChI=1S/C12H16N2O3S/c1-13(12(17)10-3-2-6-18-10)8-11(16)14-5-4-9(15)7-14/h2-3,6,9,15H,4-5,7-8H2,1H3. The van der Waals surface area contributed by atoms with Crippen LogP contribution in [-0.4, -0.2) is 59.5 Å². The molecule has 0 aliphatic carbocycles. The van der Waals surface area contributed by atoms with E-state index in [1.807, 2.05) is 11.4 Å². The lowest BCUT2D eigenvalue weighted by Crippen LogP contribution is -2.40. The van der Waals surface area contributed by atoms with Gasteiger partial charge in [0.1, 0.15) is 0 Å². The third-order valence-corrected chi connectivity index (χ3v) is 3.83. The van der Waals surface area contributed by atoms with Gasteiger partial charge in [0.05, 0.1) is 17.5 Å². The number of carbonyl (C=O) groups is 2. The maximum atomic E-state index is 11.9. The first kappa shape index (κ1) is 13.0. The topological polar surface area (TPSA) is 60.9 Å². The van der Waals surface area contributed by atoms with Gasteiger partial charge in [-0.25, -0.2) is 0 Å². The summed E-state index contributed by atoms with van der Waals surface area (Å²) < 4.78 is 0. The van der Waals surface area contributed by atoms with Crippen molar-refractivity contribution in [3.63, 3.8) is 0 Å². The Balaban J connectivity index is 1.89. The van der Waals surface area contributed by atoms with Crippen LogP contribution in [0.15, 0.2) is 17.5 Å². The zero-order valence-corrected chi connectivity index (χ0v) is 11.0. The Hall–Kier alpha value is -1.40. The number of likely N-dealkylation sites (N-methyl/N-ethyl adjacent to an activating group) is 1. The van der Waals surface area contributed by atoms with E-state index in [2.05, 4.69) is 0 Å². The minimum atomic E-state index is -0.424. The molecule has 0 saturated carbocycles. The molecule has 1 aromatic heterocycles. The Morgan fingerprint density at radius 3 is 2.94 bits per heavy atom. The Bertz CT molecular complexity index is 433. The van der Waals surface area contributed by atoms with Crippen LogP contribution in [0, 0.1) is 0 Å². The molecule has 0 spiro atoms. The van der Waals surface area contributed by atoms with Crippen LogP contribution < -0.4 is 0 Å². The van der Waals surface area contributed by atoms with Crippen molar-refractivity contribution in [1.82, 2.24) is 9.80 Å². The van der Waals surface area contributed by atoms with Gasteiger partial charge in [-0.1, -0.05) is 6.07 Å². The largest absolute Gasteiger partial charge is 0.391 e. The number of thiophene rings is 1. The number of aliphatic hydroxyl groups excluding tert-OH is 1. The van der Waals surface area contributed by atoms with Gasteiger partial charge in [0, 0.05) is 20.1 Å². The Labute approximate surface area is 110 Å². The Morgan fingerprint density at radius 2 is 2.39 bits per heavy atom. The quantitative estimate of drug-likeness (QED) is 0.864. The molecule has 0 bridgehead atoms. The highest BCUT2D eigenvalue weighted by Gasteiger charge is 2.26. The second-order valence-electron chi connectivity index (χ2n) is 4.42. The van der Waals surface area contributed by atoms with Crippen molar-refractivity contribution in [2.45, 2.75) is 12.5 Å². The highest BCUT2D eigenvalue weighted by molar-refractivity contribution is 7.12. The molecule has 0 radical (unpaired) electrons. The maximum Gasteiger partial charge on any atom is 0.264 e. The molecule has 1 fully saturated rings. The van der Waals surface area contributed by atoms with E-state index in [-0.39, 0.29) is 18.4 Å². The molecule has 1 aliphatic heterocycles. The highest BCUT2D eigenvalue weighted by Crippen LogP contribution is 2.12. The van der Waals surface area contributed by atoms with Crippen molar-refractivity contribution >= 4 is 23.2 Å². The molecule has 1 aliphatic rings. The predicted molar refractivity (Wildman–Crippen MR) is 68.5 cm³/mol. The zero-order valence-electron chi connectivity index (χ0n) is 10.2. The van der Waals surface area contributed by atoms with Gasteiger partial charge in [-0.05, 0) is 17.9 Å². The van der Waals surface area contributed by atoms with Gasteiger partial charge in [-0.3, -0.25) is 9.59 Å². The molecule has 1 unspecified atom stereocenters. The summed E-state index contributed by atoms with van der Waals surface area (Å²) in [4.78, 5) is 27.5. The summed E-state index contributed by atoms with van der Waals surface area (Å²) in [5.74, 6) is -0.253. The Morgan fingerprint density at radius 1 is 1.61 bits per heavy atom. The van der Waals surface area contributed by atoms with Gasteiger partial charge in [0.25, 0.3) is 5.91 Å². The summed E-state index contributed by atoms with van der Waals surface area (Å²) in [6.07, 6.45) is 0.196. The predicted octanol–water partition coefficient (Wildman–Crippen LogP) is 0.413. The van der Waals surface area contributed by atoms with Crippen LogP contribution in [0.5, 0.6) is 0 Å². The second kappa shape index (κ2) is 5.49. The molecule has 1 N–H and O–H groups in total. The molecule has 2 amide bonds. The molecule has 6 heteroatoms. The first-order valence-corrected chi connectivity index (χ1v) is 6.70. The van der Waals surface area contributed by atoms with Crippen molar-refractivity contribution in [2.75, 3.05) is 26.7 Å². The molecule has 1 saturated heterocycles. The van der Waals surface area contributed by atoms with Crippen molar-refractivity contribution in [1.29, 1.82) is 0 Å². The van der Waals surface area contributed by atoms with E-state index in [9.17, 15) is 14.7 Å². The smallest absolute Gasteiger partial charge is 0.264 e. The molecular weight excluding hydrogens is 252 g/mol. The van der Waals surface area contributed by atoms with Crippen molar-refractivity contribution in [3.05, 3.63) is 22.4 Å². The fourth-order valence-corrected chi connectivity index (χ4v) is 2.65. The number of amides is 2. The molecule has 2 heterocycles. The van der Waals surface area contributed by atoms with Gasteiger partial charge < -0.3 is 14.9 Å². The lowest BCUT2D eigenvalue weighted by Gasteiger charge is -2.21. The molecule has 98 valence electrons. The number of hydrogen-bond donors (Lipinski definition) is 1. The van der Waals surface area contributed by atoms with E-state index >= 15 is 0 Å². The molecule has 18 heavy (non-hydrogen) atoms. The van der Waals surface area contributed by atoms with Crippen LogP contribution >= 0.6 is 11.3 Å². The van der Waals surface area contributed by atoms with Crippen LogP contribution in [-0.2, 0) is 4.79 Å². The SMILES string of the molecule is CN(CC(=O)N1CCC(O)C1)C(=O)c1cccs1. The van der Waals surface area contributed by atoms with E-state index in [0.717, 1.165) is 0 Å². The first-order chi connectivity index (χ1) is 8.58. The summed E-state index contributed by atoms with van der Waals surface area (Å²) >= 11 is 1.36. The maximum absolute atomic E-state index is 11.9. The van der Waals surface area contributed by atoms with Crippen LogP contribution in [0.25, 0.3) is 0 Å². The third-order valence-electron chi connectivity index (χ3n) is 2.97. The fourth-order valence-electron chi connectivity index (χ4n) is 1.93. The molecular formula is C12H16N2O3S. The van der Waals surface area contributed by atoms with E-state index in [4.69, 9.17) is 0 Å². The number of nitrogens with zero attached hydrogens (tertiary/aromatic N) is 2. The van der Waals surface area contributed by atoms with Gasteiger partial charge in [0.2, 0.25) is 5.91 Å². The van der Waals surface area contributed by atoms with E-state index < -0.39 is 6.10 Å². The minimum Gasteiger partial charge on any atom is -0.391 e. The highest BCUT2D eigenvalue weighted by atomic mass is 32.1. The molecule has 0 aromatic carbocycles. The van der Waals surface area contributed by atoms with Gasteiger partial charge in [-0.2, -0.15) is 0 Å². The molecule has 2 rings (SSSR count). The summed E-state index contributed by atoms with van der Waals surface area (Å²) in [5, 5.41) is 11.2. The summed E-state index contributed by atoms with van der Waals surface area (Å²) in [7, 11) is 1.62. The lowest BCUT2D eigenvalue weighted by atomic mass is 10.3. The summed E-state index contributed by atoms with van der Waals surface area (Å²) in [5.41, 5.74) is 0. The number of aliphatic hydroxyl groups is 1.